The van der Waals surface area contributed by atoms with Gasteiger partial charge in [0.05, 0.1) is 5.75 Å². The fraction of sp³-hybridized carbons (Fsp3) is 0.214. The maximum Gasteiger partial charge on any atom is 0.218 e. The summed E-state index contributed by atoms with van der Waals surface area (Å²) in [5.41, 5.74) is 7.78. The Balaban J connectivity index is 2.08. The summed E-state index contributed by atoms with van der Waals surface area (Å²) in [4.78, 5) is 3.98. The molecule has 0 aliphatic heterocycles. The molecule has 2 aromatic rings. The minimum Gasteiger partial charge on any atom is -0.399 e. The van der Waals surface area contributed by atoms with Crippen molar-refractivity contribution in [3.63, 3.8) is 0 Å². The normalized spacial score (nSPS) is 11.7. The molecule has 0 atom stereocenters. The molecule has 1 heterocycles. The van der Waals surface area contributed by atoms with Crippen molar-refractivity contribution in [3.05, 3.63) is 59.9 Å². The molecular weight excluding hydrogens is 274 g/mol. The SMILES string of the molecule is CN(Cc1cccnc1)S(=O)(=O)Cc1ccc(N)cc1. The van der Waals surface area contributed by atoms with Crippen LogP contribution in [0, 0.1) is 0 Å². The second-order valence-corrected chi connectivity index (χ2v) is 6.69. The first-order valence-corrected chi connectivity index (χ1v) is 7.75. The average molecular weight is 291 g/mol. The zero-order valence-corrected chi connectivity index (χ0v) is 12.0. The lowest BCUT2D eigenvalue weighted by Gasteiger charge is -2.17. The largest absolute Gasteiger partial charge is 0.399 e. The molecule has 2 N–H and O–H groups in total. The van der Waals surface area contributed by atoms with Gasteiger partial charge in [-0.25, -0.2) is 12.7 Å². The maximum atomic E-state index is 12.3. The summed E-state index contributed by atoms with van der Waals surface area (Å²) in [5, 5.41) is 0. The fourth-order valence-corrected chi connectivity index (χ4v) is 2.96. The van der Waals surface area contributed by atoms with Crippen molar-refractivity contribution in [2.45, 2.75) is 12.3 Å². The van der Waals surface area contributed by atoms with Crippen LogP contribution in [0.2, 0.25) is 0 Å². The van der Waals surface area contributed by atoms with Crippen LogP contribution in [0.3, 0.4) is 0 Å². The number of nitrogen functional groups attached to an aromatic ring is 1. The van der Waals surface area contributed by atoms with E-state index in [1.807, 2.05) is 6.07 Å². The van der Waals surface area contributed by atoms with Gasteiger partial charge < -0.3 is 5.73 Å². The Hall–Kier alpha value is -1.92. The molecule has 1 aromatic carbocycles. The third-order valence-electron chi connectivity index (χ3n) is 2.93. The molecule has 0 amide bonds. The summed E-state index contributed by atoms with van der Waals surface area (Å²) < 4.78 is 25.9. The molecule has 0 aliphatic carbocycles. The van der Waals surface area contributed by atoms with Crippen molar-refractivity contribution < 1.29 is 8.42 Å². The lowest BCUT2D eigenvalue weighted by atomic mass is 10.2. The van der Waals surface area contributed by atoms with Gasteiger partial charge in [-0.2, -0.15) is 0 Å². The van der Waals surface area contributed by atoms with Crippen molar-refractivity contribution in [1.82, 2.24) is 9.29 Å². The van der Waals surface area contributed by atoms with E-state index in [0.29, 0.717) is 12.2 Å². The highest BCUT2D eigenvalue weighted by atomic mass is 32.2. The molecule has 6 heteroatoms. The van der Waals surface area contributed by atoms with Gasteiger partial charge in [0, 0.05) is 31.7 Å². The Morgan fingerprint density at radius 1 is 1.15 bits per heavy atom. The van der Waals surface area contributed by atoms with Crippen LogP contribution >= 0.6 is 0 Å². The van der Waals surface area contributed by atoms with Crippen LogP contribution in [0.5, 0.6) is 0 Å². The molecule has 5 nitrogen and oxygen atoms in total. The van der Waals surface area contributed by atoms with E-state index in [0.717, 1.165) is 11.1 Å². The highest BCUT2D eigenvalue weighted by Crippen LogP contribution is 2.13. The third kappa shape index (κ3) is 3.79. The summed E-state index contributed by atoms with van der Waals surface area (Å²) in [5.74, 6) is -0.0377. The predicted molar refractivity (Wildman–Crippen MR) is 79.2 cm³/mol. The van der Waals surface area contributed by atoms with Crippen molar-refractivity contribution in [2.24, 2.45) is 0 Å². The van der Waals surface area contributed by atoms with E-state index in [9.17, 15) is 8.42 Å². The van der Waals surface area contributed by atoms with Crippen LogP contribution in [-0.4, -0.2) is 24.8 Å². The minimum atomic E-state index is -3.36. The van der Waals surface area contributed by atoms with Crippen molar-refractivity contribution in [3.8, 4) is 0 Å². The Morgan fingerprint density at radius 3 is 2.45 bits per heavy atom. The van der Waals surface area contributed by atoms with E-state index < -0.39 is 10.0 Å². The fourth-order valence-electron chi connectivity index (χ4n) is 1.78. The van der Waals surface area contributed by atoms with Gasteiger partial charge in [-0.15, -0.1) is 0 Å². The number of pyridine rings is 1. The molecule has 0 fully saturated rings. The topological polar surface area (TPSA) is 76.3 Å². The Bertz CT molecular complexity index is 655. The van der Waals surface area contributed by atoms with Crippen LogP contribution in [0.25, 0.3) is 0 Å². The third-order valence-corrected chi connectivity index (χ3v) is 4.71. The van der Waals surface area contributed by atoms with E-state index >= 15 is 0 Å². The van der Waals surface area contributed by atoms with Crippen molar-refractivity contribution in [1.29, 1.82) is 0 Å². The van der Waals surface area contributed by atoms with Crippen LogP contribution in [0.4, 0.5) is 5.69 Å². The number of nitrogens with zero attached hydrogens (tertiary/aromatic N) is 2. The first kappa shape index (κ1) is 14.5. The first-order valence-electron chi connectivity index (χ1n) is 6.15. The van der Waals surface area contributed by atoms with Crippen LogP contribution in [0.1, 0.15) is 11.1 Å². The number of benzene rings is 1. The van der Waals surface area contributed by atoms with Gasteiger partial charge in [0.1, 0.15) is 0 Å². The zero-order chi connectivity index (χ0) is 14.6. The Morgan fingerprint density at radius 2 is 1.85 bits per heavy atom. The molecule has 106 valence electrons. The zero-order valence-electron chi connectivity index (χ0n) is 11.2. The number of sulfonamides is 1. The molecule has 1 aromatic heterocycles. The van der Waals surface area contributed by atoms with Gasteiger partial charge in [-0.05, 0) is 29.3 Å². The summed E-state index contributed by atoms with van der Waals surface area (Å²) in [7, 11) is -1.79. The van der Waals surface area contributed by atoms with Gasteiger partial charge >= 0.3 is 0 Å². The van der Waals surface area contributed by atoms with E-state index in [-0.39, 0.29) is 5.75 Å². The summed E-state index contributed by atoms with van der Waals surface area (Å²) in [6.45, 7) is 0.311. The van der Waals surface area contributed by atoms with Gasteiger partial charge in [0.2, 0.25) is 10.0 Å². The smallest absolute Gasteiger partial charge is 0.218 e. The number of rotatable bonds is 5. The lowest BCUT2D eigenvalue weighted by Crippen LogP contribution is -2.27. The highest BCUT2D eigenvalue weighted by molar-refractivity contribution is 7.88. The van der Waals surface area contributed by atoms with E-state index in [4.69, 9.17) is 5.73 Å². The quantitative estimate of drug-likeness (QED) is 0.849. The molecule has 0 radical (unpaired) electrons. The lowest BCUT2D eigenvalue weighted by molar-refractivity contribution is 0.465. The molecule has 0 spiro atoms. The number of nitrogens with two attached hydrogens (primary N) is 1. The highest BCUT2D eigenvalue weighted by Gasteiger charge is 2.18. The van der Waals surface area contributed by atoms with E-state index in [2.05, 4.69) is 4.98 Å². The second-order valence-electron chi connectivity index (χ2n) is 4.62. The molecular formula is C14H17N3O2S. The van der Waals surface area contributed by atoms with Gasteiger partial charge in [-0.3, -0.25) is 4.98 Å². The van der Waals surface area contributed by atoms with Crippen molar-refractivity contribution >= 4 is 15.7 Å². The number of hydrogen-bond donors (Lipinski definition) is 1. The molecule has 20 heavy (non-hydrogen) atoms. The minimum absolute atomic E-state index is 0.0377. The van der Waals surface area contributed by atoms with E-state index in [1.165, 1.54) is 4.31 Å². The number of aromatic nitrogens is 1. The second kappa shape index (κ2) is 6.02. The predicted octanol–water partition coefficient (Wildman–Crippen LogP) is 1.63. The van der Waals surface area contributed by atoms with Crippen LogP contribution in [0.15, 0.2) is 48.8 Å². The summed E-state index contributed by atoms with van der Waals surface area (Å²) >= 11 is 0. The van der Waals surface area contributed by atoms with Gasteiger partial charge in [-0.1, -0.05) is 18.2 Å². The molecule has 0 saturated heterocycles. The van der Waals surface area contributed by atoms with Gasteiger partial charge in [0.25, 0.3) is 0 Å². The Kier molecular flexibility index (Phi) is 4.36. The molecule has 0 saturated carbocycles. The first-order chi connectivity index (χ1) is 9.47. The molecule has 0 unspecified atom stereocenters. The van der Waals surface area contributed by atoms with Crippen LogP contribution < -0.4 is 5.73 Å². The Labute approximate surface area is 119 Å². The standard InChI is InChI=1S/C14H17N3O2S/c1-17(10-13-3-2-8-16-9-13)20(18,19)11-12-4-6-14(15)7-5-12/h2-9H,10-11,15H2,1H3. The number of hydrogen-bond acceptors (Lipinski definition) is 4. The summed E-state index contributed by atoms with van der Waals surface area (Å²) in [6.07, 6.45) is 3.32. The molecule has 2 rings (SSSR count). The summed E-state index contributed by atoms with van der Waals surface area (Å²) in [6, 6.07) is 10.5. The maximum absolute atomic E-state index is 12.3. The van der Waals surface area contributed by atoms with Gasteiger partial charge in [0.15, 0.2) is 0 Å². The van der Waals surface area contributed by atoms with Crippen molar-refractivity contribution in [2.75, 3.05) is 12.8 Å². The molecule has 0 aliphatic rings. The van der Waals surface area contributed by atoms with Crippen LogP contribution in [-0.2, 0) is 22.3 Å². The monoisotopic (exact) mass is 291 g/mol. The average Bonchev–Trinajstić information content (AvgIpc) is 2.42. The number of anilines is 1. The molecule has 0 bridgehead atoms. The van der Waals surface area contributed by atoms with E-state index in [1.54, 1.807) is 49.8 Å².